The summed E-state index contributed by atoms with van der Waals surface area (Å²) in [7, 11) is 0. The minimum absolute atomic E-state index is 0.276. The molecule has 2 N–H and O–H groups in total. The molecule has 122 valence electrons. The molecule has 0 radical (unpaired) electrons. The van der Waals surface area contributed by atoms with E-state index in [1.165, 1.54) is 0 Å². The van der Waals surface area contributed by atoms with E-state index >= 15 is 0 Å². The standard InChI is InChI=1S/C16H20F3NO2/c17-16(18,19)9-13-11-4-2-7-21-14(11)12(5-6-20)10-3-1-8-22-15(10)13/h1-9,20H2. The molecule has 0 spiro atoms. The van der Waals surface area contributed by atoms with Gasteiger partial charge in [0.2, 0.25) is 0 Å². The van der Waals surface area contributed by atoms with Crippen molar-refractivity contribution in [2.75, 3.05) is 19.8 Å². The topological polar surface area (TPSA) is 44.5 Å². The first-order chi connectivity index (χ1) is 10.5. The van der Waals surface area contributed by atoms with Gasteiger partial charge in [0.1, 0.15) is 11.5 Å². The number of nitrogens with two attached hydrogens (primary N) is 1. The van der Waals surface area contributed by atoms with Crippen molar-refractivity contribution in [3.05, 3.63) is 22.3 Å². The fraction of sp³-hybridized carbons (Fsp3) is 0.625. The van der Waals surface area contributed by atoms with Gasteiger partial charge in [0, 0.05) is 22.3 Å². The molecule has 2 heterocycles. The molecule has 1 aromatic carbocycles. The van der Waals surface area contributed by atoms with Gasteiger partial charge >= 0.3 is 6.18 Å². The number of ether oxygens (including phenoxy) is 2. The molecule has 1 aromatic rings. The quantitative estimate of drug-likeness (QED) is 0.933. The van der Waals surface area contributed by atoms with Gasteiger partial charge in [-0.15, -0.1) is 0 Å². The maximum absolute atomic E-state index is 13.0. The van der Waals surface area contributed by atoms with Crippen molar-refractivity contribution in [1.29, 1.82) is 0 Å². The normalized spacial score (nSPS) is 17.3. The van der Waals surface area contributed by atoms with E-state index in [1.54, 1.807) is 0 Å². The molecule has 0 saturated carbocycles. The van der Waals surface area contributed by atoms with Crippen LogP contribution in [0.3, 0.4) is 0 Å². The number of rotatable bonds is 3. The summed E-state index contributed by atoms with van der Waals surface area (Å²) < 4.78 is 50.4. The second-order valence-electron chi connectivity index (χ2n) is 5.81. The molecular formula is C16H20F3NO2. The number of fused-ring (bicyclic) bond motifs is 2. The molecule has 0 fully saturated rings. The smallest absolute Gasteiger partial charge is 0.393 e. The Morgan fingerprint density at radius 2 is 1.45 bits per heavy atom. The average molecular weight is 315 g/mol. The molecule has 6 heteroatoms. The van der Waals surface area contributed by atoms with Crippen LogP contribution in [0.5, 0.6) is 11.5 Å². The highest BCUT2D eigenvalue weighted by Gasteiger charge is 2.35. The number of halogens is 3. The van der Waals surface area contributed by atoms with Crippen LogP contribution in [-0.2, 0) is 25.7 Å². The molecule has 0 bridgehead atoms. The summed E-state index contributed by atoms with van der Waals surface area (Å²) >= 11 is 0. The van der Waals surface area contributed by atoms with Gasteiger partial charge in [-0.05, 0) is 38.6 Å². The monoisotopic (exact) mass is 315 g/mol. The van der Waals surface area contributed by atoms with Gasteiger partial charge in [0.05, 0.1) is 19.6 Å². The van der Waals surface area contributed by atoms with Crippen LogP contribution in [-0.4, -0.2) is 25.9 Å². The molecule has 0 atom stereocenters. The largest absolute Gasteiger partial charge is 0.493 e. The molecule has 0 aromatic heterocycles. The molecular weight excluding hydrogens is 295 g/mol. The minimum atomic E-state index is -4.25. The highest BCUT2D eigenvalue weighted by atomic mass is 19.4. The summed E-state index contributed by atoms with van der Waals surface area (Å²) in [6.45, 7) is 1.47. The fourth-order valence-corrected chi connectivity index (χ4v) is 3.43. The van der Waals surface area contributed by atoms with Gasteiger partial charge in [-0.1, -0.05) is 0 Å². The predicted octanol–water partition coefficient (Wildman–Crippen LogP) is 2.94. The molecule has 0 aliphatic carbocycles. The Hall–Kier alpha value is -1.43. The predicted molar refractivity (Wildman–Crippen MR) is 76.6 cm³/mol. The number of benzene rings is 1. The lowest BCUT2D eigenvalue weighted by molar-refractivity contribution is -0.127. The van der Waals surface area contributed by atoms with E-state index in [0.717, 1.165) is 30.4 Å². The first kappa shape index (κ1) is 15.5. The Balaban J connectivity index is 2.19. The van der Waals surface area contributed by atoms with Gasteiger partial charge in [0.15, 0.2) is 0 Å². The van der Waals surface area contributed by atoms with Crippen LogP contribution in [0.1, 0.15) is 35.1 Å². The maximum Gasteiger partial charge on any atom is 0.393 e. The van der Waals surface area contributed by atoms with Crippen LogP contribution in [0.15, 0.2) is 0 Å². The number of hydrogen-bond acceptors (Lipinski definition) is 3. The average Bonchev–Trinajstić information content (AvgIpc) is 2.49. The zero-order valence-electron chi connectivity index (χ0n) is 12.4. The number of hydrogen-bond donors (Lipinski definition) is 1. The SMILES string of the molecule is NCCc1c2c(c(CC(F)(F)F)c3c1OCCC3)OCCC2. The van der Waals surface area contributed by atoms with Crippen LogP contribution in [0.4, 0.5) is 13.2 Å². The Morgan fingerprint density at radius 1 is 0.909 bits per heavy atom. The first-order valence-corrected chi connectivity index (χ1v) is 7.73. The summed E-state index contributed by atoms with van der Waals surface area (Å²) in [6, 6.07) is 0. The zero-order valence-corrected chi connectivity index (χ0v) is 12.4. The third-order valence-electron chi connectivity index (χ3n) is 4.23. The van der Waals surface area contributed by atoms with Gasteiger partial charge in [-0.3, -0.25) is 0 Å². The van der Waals surface area contributed by atoms with Crippen molar-refractivity contribution in [2.45, 2.75) is 44.7 Å². The zero-order chi connectivity index (χ0) is 15.7. The van der Waals surface area contributed by atoms with E-state index in [1.807, 2.05) is 0 Å². The highest BCUT2D eigenvalue weighted by Crippen LogP contribution is 2.45. The fourth-order valence-electron chi connectivity index (χ4n) is 3.43. The first-order valence-electron chi connectivity index (χ1n) is 7.73. The summed E-state index contributed by atoms with van der Waals surface area (Å²) in [5, 5.41) is 0. The van der Waals surface area contributed by atoms with E-state index in [-0.39, 0.29) is 5.56 Å². The lowest BCUT2D eigenvalue weighted by Crippen LogP contribution is -2.23. The Kier molecular flexibility index (Phi) is 4.21. The molecule has 2 aliphatic heterocycles. The van der Waals surface area contributed by atoms with Crippen molar-refractivity contribution < 1.29 is 22.6 Å². The van der Waals surface area contributed by atoms with E-state index < -0.39 is 12.6 Å². The van der Waals surface area contributed by atoms with Gasteiger partial charge < -0.3 is 15.2 Å². The summed E-state index contributed by atoms with van der Waals surface area (Å²) in [5.41, 5.74) is 8.47. The molecule has 2 aliphatic rings. The molecule has 0 unspecified atom stereocenters. The van der Waals surface area contributed by atoms with Gasteiger partial charge in [-0.25, -0.2) is 0 Å². The third kappa shape index (κ3) is 2.89. The van der Waals surface area contributed by atoms with Crippen LogP contribution >= 0.6 is 0 Å². The van der Waals surface area contributed by atoms with Crippen LogP contribution in [0, 0.1) is 0 Å². The van der Waals surface area contributed by atoms with Crippen molar-refractivity contribution in [2.24, 2.45) is 5.73 Å². The summed E-state index contributed by atoms with van der Waals surface area (Å²) in [5.74, 6) is 1.08. The Labute approximate surface area is 127 Å². The van der Waals surface area contributed by atoms with Crippen LogP contribution < -0.4 is 15.2 Å². The Bertz CT molecular complexity index is 532. The van der Waals surface area contributed by atoms with Gasteiger partial charge in [0.25, 0.3) is 0 Å². The number of alkyl halides is 3. The molecule has 0 amide bonds. The second-order valence-corrected chi connectivity index (χ2v) is 5.81. The maximum atomic E-state index is 13.0. The highest BCUT2D eigenvalue weighted by molar-refractivity contribution is 5.61. The van der Waals surface area contributed by atoms with E-state index in [0.29, 0.717) is 49.7 Å². The van der Waals surface area contributed by atoms with Crippen molar-refractivity contribution in [1.82, 2.24) is 0 Å². The Morgan fingerprint density at radius 3 is 2.00 bits per heavy atom. The lowest BCUT2D eigenvalue weighted by Gasteiger charge is -2.31. The van der Waals surface area contributed by atoms with Crippen LogP contribution in [0.25, 0.3) is 0 Å². The van der Waals surface area contributed by atoms with E-state index in [9.17, 15) is 13.2 Å². The van der Waals surface area contributed by atoms with Gasteiger partial charge in [-0.2, -0.15) is 13.2 Å². The molecule has 22 heavy (non-hydrogen) atoms. The van der Waals surface area contributed by atoms with E-state index in [4.69, 9.17) is 15.2 Å². The molecule has 0 saturated heterocycles. The van der Waals surface area contributed by atoms with Crippen molar-refractivity contribution in [3.8, 4) is 11.5 Å². The van der Waals surface area contributed by atoms with Crippen molar-refractivity contribution in [3.63, 3.8) is 0 Å². The summed E-state index contributed by atoms with van der Waals surface area (Å²) in [6.07, 6.45) is -1.71. The second kappa shape index (κ2) is 5.99. The minimum Gasteiger partial charge on any atom is -0.493 e. The summed E-state index contributed by atoms with van der Waals surface area (Å²) in [4.78, 5) is 0. The van der Waals surface area contributed by atoms with Crippen LogP contribution in [0.2, 0.25) is 0 Å². The van der Waals surface area contributed by atoms with E-state index in [2.05, 4.69) is 0 Å². The molecule has 3 nitrogen and oxygen atoms in total. The van der Waals surface area contributed by atoms with Crippen molar-refractivity contribution >= 4 is 0 Å². The lowest BCUT2D eigenvalue weighted by atomic mass is 9.86. The molecule has 3 rings (SSSR count). The third-order valence-corrected chi connectivity index (χ3v) is 4.23.